The Labute approximate surface area is 97.0 Å². The zero-order valence-corrected chi connectivity index (χ0v) is 9.59. The largest absolute Gasteiger partial charge is 0.383 e. The number of carbonyl (C=O) groups excluding carboxylic acids is 1. The van der Waals surface area contributed by atoms with Crippen LogP contribution >= 0.6 is 0 Å². The lowest BCUT2D eigenvalue weighted by Gasteiger charge is -2.27. The number of amides is 1. The summed E-state index contributed by atoms with van der Waals surface area (Å²) in [5.74, 6) is -6.76. The molecule has 0 N–H and O–H groups in total. The summed E-state index contributed by atoms with van der Waals surface area (Å²) >= 11 is 0. The second-order valence-corrected chi connectivity index (χ2v) is 3.98. The van der Waals surface area contributed by atoms with Gasteiger partial charge in [0.1, 0.15) is 0 Å². The van der Waals surface area contributed by atoms with Crippen LogP contribution in [-0.2, 0) is 4.79 Å². The molecule has 0 fully saturated rings. The summed E-state index contributed by atoms with van der Waals surface area (Å²) in [7, 11) is 0. The normalized spacial score (nSPS) is 11.7. The van der Waals surface area contributed by atoms with Crippen molar-refractivity contribution in [2.24, 2.45) is 5.92 Å². The molecule has 0 aromatic heterocycles. The van der Waals surface area contributed by atoms with Gasteiger partial charge in [-0.05, 0) is 5.92 Å². The molecule has 0 heterocycles. The molecule has 0 saturated carbocycles. The van der Waals surface area contributed by atoms with Crippen LogP contribution in [0.15, 0.2) is 0 Å². The van der Waals surface area contributed by atoms with Crippen LogP contribution in [0, 0.1) is 17.2 Å². The van der Waals surface area contributed by atoms with Crippen LogP contribution in [0.2, 0.25) is 0 Å². The summed E-state index contributed by atoms with van der Waals surface area (Å²) in [5, 5.41) is 8.32. The Bertz CT molecular complexity index is 299. The van der Waals surface area contributed by atoms with E-state index in [1.54, 1.807) is 19.9 Å². The van der Waals surface area contributed by atoms with Gasteiger partial charge in [0.2, 0.25) is 0 Å². The maximum atomic E-state index is 12.8. The smallest absolute Gasteiger partial charge is 0.336 e. The quantitative estimate of drug-likeness (QED) is 0.682. The van der Waals surface area contributed by atoms with E-state index in [-0.39, 0.29) is 25.4 Å². The summed E-state index contributed by atoms with van der Waals surface area (Å²) in [6, 6.07) is 1.68. The van der Waals surface area contributed by atoms with E-state index in [1.807, 2.05) is 0 Å². The van der Waals surface area contributed by atoms with Crippen molar-refractivity contribution in [1.29, 1.82) is 5.26 Å². The van der Waals surface area contributed by atoms with Gasteiger partial charge in [-0.2, -0.15) is 14.0 Å². The molecular formula is C10H14F4N2O. The monoisotopic (exact) mass is 254 g/mol. The zero-order chi connectivity index (χ0) is 13.6. The standard InChI is InChI=1S/C10H14F4N2O/c1-7(2)6-16(5-3-4-15)9(17)10(13,14)8(11)12/h7-8H,3,5-6H2,1-2H3. The van der Waals surface area contributed by atoms with Crippen LogP contribution < -0.4 is 0 Å². The van der Waals surface area contributed by atoms with Gasteiger partial charge in [0.05, 0.1) is 12.5 Å². The topological polar surface area (TPSA) is 44.1 Å². The van der Waals surface area contributed by atoms with E-state index in [4.69, 9.17) is 5.26 Å². The predicted molar refractivity (Wildman–Crippen MR) is 52.6 cm³/mol. The lowest BCUT2D eigenvalue weighted by Crippen LogP contribution is -2.49. The number of rotatable bonds is 6. The molecular weight excluding hydrogens is 240 g/mol. The number of halogens is 4. The fraction of sp³-hybridized carbons (Fsp3) is 0.800. The van der Waals surface area contributed by atoms with Crippen molar-refractivity contribution in [1.82, 2.24) is 4.90 Å². The first-order valence-corrected chi connectivity index (χ1v) is 5.05. The molecule has 7 heteroatoms. The minimum atomic E-state index is -4.69. The Morgan fingerprint density at radius 3 is 2.29 bits per heavy atom. The highest BCUT2D eigenvalue weighted by atomic mass is 19.3. The molecule has 0 atom stereocenters. The van der Waals surface area contributed by atoms with E-state index in [1.165, 1.54) is 0 Å². The summed E-state index contributed by atoms with van der Waals surface area (Å²) in [6.07, 6.45) is -4.20. The molecule has 0 bridgehead atoms. The third-order valence-corrected chi connectivity index (χ3v) is 1.93. The molecule has 1 amide bonds. The van der Waals surface area contributed by atoms with E-state index in [2.05, 4.69) is 0 Å². The second-order valence-electron chi connectivity index (χ2n) is 3.98. The lowest BCUT2D eigenvalue weighted by molar-refractivity contribution is -0.181. The van der Waals surface area contributed by atoms with E-state index in [0.717, 1.165) is 0 Å². The van der Waals surface area contributed by atoms with E-state index in [9.17, 15) is 22.4 Å². The minimum absolute atomic E-state index is 0.0805. The van der Waals surface area contributed by atoms with Crippen molar-refractivity contribution < 1.29 is 22.4 Å². The predicted octanol–water partition coefficient (Wildman–Crippen LogP) is 2.29. The number of alkyl halides is 4. The molecule has 0 unspecified atom stereocenters. The number of hydrogen-bond donors (Lipinski definition) is 0. The molecule has 0 rings (SSSR count). The second kappa shape index (κ2) is 6.42. The Kier molecular flexibility index (Phi) is 5.93. The van der Waals surface area contributed by atoms with Gasteiger partial charge in [0, 0.05) is 13.1 Å². The van der Waals surface area contributed by atoms with Crippen molar-refractivity contribution in [3.63, 3.8) is 0 Å². The molecule has 0 aromatic carbocycles. The van der Waals surface area contributed by atoms with Gasteiger partial charge >= 0.3 is 12.3 Å². The average molecular weight is 254 g/mol. The molecule has 17 heavy (non-hydrogen) atoms. The fourth-order valence-electron chi connectivity index (χ4n) is 1.21. The van der Waals surface area contributed by atoms with Crippen LogP contribution in [0.5, 0.6) is 0 Å². The number of carbonyl (C=O) groups is 1. The fourth-order valence-corrected chi connectivity index (χ4v) is 1.21. The maximum absolute atomic E-state index is 12.8. The van der Waals surface area contributed by atoms with Gasteiger partial charge in [-0.25, -0.2) is 8.78 Å². The van der Waals surface area contributed by atoms with Crippen molar-refractivity contribution in [2.45, 2.75) is 32.6 Å². The summed E-state index contributed by atoms with van der Waals surface area (Å²) in [6.45, 7) is 2.97. The summed E-state index contributed by atoms with van der Waals surface area (Å²) < 4.78 is 49.7. The van der Waals surface area contributed by atoms with Gasteiger partial charge in [-0.1, -0.05) is 13.8 Å². The van der Waals surface area contributed by atoms with Gasteiger partial charge < -0.3 is 4.90 Å². The lowest BCUT2D eigenvalue weighted by atomic mass is 10.2. The SMILES string of the molecule is CC(C)CN(CCC#N)C(=O)C(F)(F)C(F)F. The van der Waals surface area contributed by atoms with Crippen molar-refractivity contribution in [2.75, 3.05) is 13.1 Å². The van der Waals surface area contributed by atoms with Crippen LogP contribution in [0.4, 0.5) is 17.6 Å². The van der Waals surface area contributed by atoms with Crippen molar-refractivity contribution >= 4 is 5.91 Å². The molecule has 0 aromatic rings. The summed E-state index contributed by atoms with van der Waals surface area (Å²) in [4.78, 5) is 11.8. The highest BCUT2D eigenvalue weighted by Crippen LogP contribution is 2.25. The first kappa shape index (κ1) is 15.7. The van der Waals surface area contributed by atoms with Gasteiger partial charge in [0.15, 0.2) is 0 Å². The number of hydrogen-bond acceptors (Lipinski definition) is 2. The zero-order valence-electron chi connectivity index (χ0n) is 9.59. The number of nitrogens with zero attached hydrogens (tertiary/aromatic N) is 2. The van der Waals surface area contributed by atoms with Crippen molar-refractivity contribution in [3.8, 4) is 6.07 Å². The van der Waals surface area contributed by atoms with Gasteiger partial charge in [-0.15, -0.1) is 0 Å². The molecule has 3 nitrogen and oxygen atoms in total. The highest BCUT2D eigenvalue weighted by Gasteiger charge is 2.51. The van der Waals surface area contributed by atoms with Crippen LogP contribution in [-0.4, -0.2) is 36.2 Å². The molecule has 98 valence electrons. The molecule has 0 saturated heterocycles. The molecule has 0 aliphatic carbocycles. The van der Waals surface area contributed by atoms with E-state index in [0.29, 0.717) is 4.90 Å². The molecule has 0 aliphatic heterocycles. The first-order chi connectivity index (χ1) is 7.73. The molecule has 0 spiro atoms. The Morgan fingerprint density at radius 1 is 1.41 bits per heavy atom. The molecule has 0 aliphatic rings. The third kappa shape index (κ3) is 4.59. The van der Waals surface area contributed by atoms with Crippen LogP contribution in [0.1, 0.15) is 20.3 Å². The average Bonchev–Trinajstić information content (AvgIpc) is 2.22. The Hall–Kier alpha value is -1.32. The first-order valence-electron chi connectivity index (χ1n) is 5.05. The van der Waals surface area contributed by atoms with E-state index < -0.39 is 18.3 Å². The number of nitriles is 1. The maximum Gasteiger partial charge on any atom is 0.383 e. The Balaban J connectivity index is 4.80. The van der Waals surface area contributed by atoms with Gasteiger partial charge in [0.25, 0.3) is 5.91 Å². The summed E-state index contributed by atoms with van der Waals surface area (Å²) in [5.41, 5.74) is 0. The van der Waals surface area contributed by atoms with Crippen molar-refractivity contribution in [3.05, 3.63) is 0 Å². The van der Waals surface area contributed by atoms with Gasteiger partial charge in [-0.3, -0.25) is 4.79 Å². The van der Waals surface area contributed by atoms with Crippen LogP contribution in [0.25, 0.3) is 0 Å². The molecule has 0 radical (unpaired) electrons. The minimum Gasteiger partial charge on any atom is -0.336 e. The third-order valence-electron chi connectivity index (χ3n) is 1.93. The Morgan fingerprint density at radius 2 is 1.94 bits per heavy atom. The highest BCUT2D eigenvalue weighted by molar-refractivity contribution is 5.84. The van der Waals surface area contributed by atoms with E-state index >= 15 is 0 Å². The van der Waals surface area contributed by atoms with Crippen LogP contribution in [0.3, 0.4) is 0 Å².